The molecule has 0 spiro atoms. The van der Waals surface area contributed by atoms with Gasteiger partial charge in [-0.3, -0.25) is 19.6 Å². The fourth-order valence-corrected chi connectivity index (χ4v) is 5.67. The molecular formula is C25H33N5O. The van der Waals surface area contributed by atoms with E-state index >= 15 is 0 Å². The summed E-state index contributed by atoms with van der Waals surface area (Å²) >= 11 is 0. The highest BCUT2D eigenvalue weighted by Crippen LogP contribution is 2.33. The second-order valence-electron chi connectivity index (χ2n) is 9.48. The summed E-state index contributed by atoms with van der Waals surface area (Å²) in [4.78, 5) is 21.5. The van der Waals surface area contributed by atoms with E-state index in [1.165, 1.54) is 40.8 Å². The van der Waals surface area contributed by atoms with Crippen LogP contribution >= 0.6 is 0 Å². The van der Waals surface area contributed by atoms with Gasteiger partial charge >= 0.3 is 0 Å². The summed E-state index contributed by atoms with van der Waals surface area (Å²) in [6.45, 7) is 3.23. The molecule has 3 atom stereocenters. The molecule has 0 saturated carbocycles. The fourth-order valence-electron chi connectivity index (χ4n) is 5.67. The monoisotopic (exact) mass is 419 g/mol. The molecule has 1 saturated heterocycles. The summed E-state index contributed by atoms with van der Waals surface area (Å²) in [6.07, 6.45) is 6.48. The standard InChI is InChI=1S/C25H33N5O/c1-29-15-22(28-24(31)16-29)20-9-3-7-18-13-27-19(12-21(18)20)14-30(2)23-10-4-6-17-8-5-11-26-25(17)23/h3,5,7-9,11,19,22-23,27H,4,6,10,12-16H2,1-2H3,(H,28,31)/t19-,22?,23+/m1/s1. The molecule has 164 valence electrons. The smallest absolute Gasteiger partial charge is 0.234 e. The van der Waals surface area contributed by atoms with Crippen molar-refractivity contribution in [3.63, 3.8) is 0 Å². The first kappa shape index (κ1) is 20.6. The first-order valence-electron chi connectivity index (χ1n) is 11.5. The lowest BCUT2D eigenvalue weighted by Crippen LogP contribution is -2.49. The third-order valence-electron chi connectivity index (χ3n) is 7.17. The molecule has 1 aromatic carbocycles. The van der Waals surface area contributed by atoms with E-state index < -0.39 is 0 Å². The van der Waals surface area contributed by atoms with Crippen LogP contribution in [0.25, 0.3) is 0 Å². The van der Waals surface area contributed by atoms with E-state index in [1.807, 2.05) is 13.2 Å². The highest BCUT2D eigenvalue weighted by molar-refractivity contribution is 5.79. The number of nitrogens with zero attached hydrogens (tertiary/aromatic N) is 3. The van der Waals surface area contributed by atoms with Crippen molar-refractivity contribution >= 4 is 5.91 Å². The molecule has 1 unspecified atom stereocenters. The second-order valence-corrected chi connectivity index (χ2v) is 9.48. The lowest BCUT2D eigenvalue weighted by atomic mass is 9.87. The number of amides is 1. The number of hydrogen-bond donors (Lipinski definition) is 2. The number of pyridine rings is 1. The van der Waals surface area contributed by atoms with Gasteiger partial charge in [0, 0.05) is 31.9 Å². The van der Waals surface area contributed by atoms with Gasteiger partial charge in [-0.1, -0.05) is 24.3 Å². The number of hydrogen-bond acceptors (Lipinski definition) is 5. The van der Waals surface area contributed by atoms with Crippen LogP contribution in [0.15, 0.2) is 36.5 Å². The van der Waals surface area contributed by atoms with Gasteiger partial charge in [0.2, 0.25) is 5.91 Å². The third kappa shape index (κ3) is 4.25. The lowest BCUT2D eigenvalue weighted by Gasteiger charge is -2.38. The van der Waals surface area contributed by atoms with Crippen molar-refractivity contribution < 1.29 is 4.79 Å². The quantitative estimate of drug-likeness (QED) is 0.796. The molecule has 1 fully saturated rings. The first-order valence-corrected chi connectivity index (χ1v) is 11.5. The number of aromatic nitrogens is 1. The Morgan fingerprint density at radius 3 is 2.97 bits per heavy atom. The largest absolute Gasteiger partial charge is 0.347 e. The van der Waals surface area contributed by atoms with E-state index in [1.54, 1.807) is 0 Å². The van der Waals surface area contributed by atoms with E-state index in [0.717, 1.165) is 32.5 Å². The van der Waals surface area contributed by atoms with Crippen molar-refractivity contribution in [2.45, 2.75) is 50.4 Å². The first-order chi connectivity index (χ1) is 15.1. The predicted octanol–water partition coefficient (Wildman–Crippen LogP) is 2.21. The molecular weight excluding hydrogens is 386 g/mol. The minimum atomic E-state index is 0.0760. The number of aryl methyl sites for hydroxylation is 1. The van der Waals surface area contributed by atoms with Crippen LogP contribution in [0.4, 0.5) is 0 Å². The van der Waals surface area contributed by atoms with Crippen LogP contribution in [0.5, 0.6) is 0 Å². The number of likely N-dealkylation sites (N-methyl/N-ethyl adjacent to an activating group) is 2. The zero-order valence-corrected chi connectivity index (χ0v) is 18.6. The zero-order valence-electron chi connectivity index (χ0n) is 18.6. The summed E-state index contributed by atoms with van der Waals surface area (Å²) in [7, 11) is 4.27. The molecule has 3 aliphatic rings. The third-order valence-corrected chi connectivity index (χ3v) is 7.17. The maximum Gasteiger partial charge on any atom is 0.234 e. The molecule has 1 aliphatic carbocycles. The molecule has 31 heavy (non-hydrogen) atoms. The summed E-state index contributed by atoms with van der Waals surface area (Å²) in [5.74, 6) is 0.116. The van der Waals surface area contributed by atoms with Crippen LogP contribution in [-0.2, 0) is 24.2 Å². The van der Waals surface area contributed by atoms with Crippen LogP contribution < -0.4 is 10.6 Å². The van der Waals surface area contributed by atoms with Gasteiger partial charge in [0.1, 0.15) is 0 Å². The average Bonchev–Trinajstić information content (AvgIpc) is 2.77. The highest BCUT2D eigenvalue weighted by atomic mass is 16.2. The van der Waals surface area contributed by atoms with Gasteiger partial charge in [-0.25, -0.2) is 0 Å². The van der Waals surface area contributed by atoms with E-state index in [2.05, 4.69) is 57.8 Å². The summed E-state index contributed by atoms with van der Waals surface area (Å²) in [5, 5.41) is 6.97. The number of piperazine rings is 1. The highest BCUT2D eigenvalue weighted by Gasteiger charge is 2.31. The Morgan fingerprint density at radius 2 is 2.10 bits per heavy atom. The van der Waals surface area contributed by atoms with E-state index in [0.29, 0.717) is 18.6 Å². The average molecular weight is 420 g/mol. The van der Waals surface area contributed by atoms with Crippen LogP contribution in [0.3, 0.4) is 0 Å². The van der Waals surface area contributed by atoms with Crippen LogP contribution in [-0.4, -0.2) is 60.5 Å². The van der Waals surface area contributed by atoms with E-state index in [9.17, 15) is 4.79 Å². The molecule has 0 bridgehead atoms. The number of carbonyl (C=O) groups is 1. The lowest BCUT2D eigenvalue weighted by molar-refractivity contribution is -0.125. The Hall–Kier alpha value is -2.28. The number of carbonyl (C=O) groups excluding carboxylic acids is 1. The SMILES string of the molecule is CN1CC(=O)NC(c2cccc3c2C[C@H](CN(C)[C@H]2CCCc4cccnc42)NC3)C1. The van der Waals surface area contributed by atoms with Gasteiger partial charge < -0.3 is 10.6 Å². The summed E-state index contributed by atoms with van der Waals surface area (Å²) < 4.78 is 0. The Kier molecular flexibility index (Phi) is 5.78. The second kappa shape index (κ2) is 8.69. The van der Waals surface area contributed by atoms with Crippen molar-refractivity contribution in [3.05, 3.63) is 64.5 Å². The van der Waals surface area contributed by atoms with Gasteiger partial charge in [0.15, 0.2) is 0 Å². The van der Waals surface area contributed by atoms with Crippen LogP contribution in [0.1, 0.15) is 52.9 Å². The van der Waals surface area contributed by atoms with Gasteiger partial charge in [-0.2, -0.15) is 0 Å². The molecule has 1 aromatic heterocycles. The minimum absolute atomic E-state index is 0.0760. The molecule has 6 heteroatoms. The Labute approximate surface area is 185 Å². The Morgan fingerprint density at radius 1 is 1.23 bits per heavy atom. The minimum Gasteiger partial charge on any atom is -0.347 e. The van der Waals surface area contributed by atoms with Crippen molar-refractivity contribution in [1.29, 1.82) is 0 Å². The normalized spacial score (nSPS) is 26.3. The van der Waals surface area contributed by atoms with Crippen molar-refractivity contribution in [3.8, 4) is 0 Å². The Balaban J connectivity index is 1.33. The van der Waals surface area contributed by atoms with Gasteiger partial charge in [0.25, 0.3) is 0 Å². The fraction of sp³-hybridized carbons (Fsp3) is 0.520. The molecule has 3 heterocycles. The van der Waals surface area contributed by atoms with Crippen LogP contribution in [0, 0.1) is 0 Å². The molecule has 5 rings (SSSR count). The molecule has 2 N–H and O–H groups in total. The number of nitrogens with one attached hydrogen (secondary N) is 2. The van der Waals surface area contributed by atoms with Crippen molar-refractivity contribution in [2.75, 3.05) is 33.7 Å². The topological polar surface area (TPSA) is 60.5 Å². The maximum atomic E-state index is 12.1. The predicted molar refractivity (Wildman–Crippen MR) is 122 cm³/mol. The molecule has 2 aliphatic heterocycles. The van der Waals surface area contributed by atoms with Gasteiger partial charge in [-0.15, -0.1) is 0 Å². The number of benzene rings is 1. The maximum absolute atomic E-state index is 12.1. The zero-order chi connectivity index (χ0) is 21.4. The summed E-state index contributed by atoms with van der Waals surface area (Å²) in [6, 6.07) is 11.7. The molecule has 0 radical (unpaired) electrons. The van der Waals surface area contributed by atoms with Gasteiger partial charge in [0.05, 0.1) is 24.3 Å². The number of fused-ring (bicyclic) bond motifs is 2. The van der Waals surface area contributed by atoms with Crippen molar-refractivity contribution in [1.82, 2.24) is 25.4 Å². The molecule has 6 nitrogen and oxygen atoms in total. The number of rotatable bonds is 4. The van der Waals surface area contributed by atoms with Crippen molar-refractivity contribution in [2.24, 2.45) is 0 Å². The molecule has 1 amide bonds. The van der Waals surface area contributed by atoms with E-state index in [-0.39, 0.29) is 11.9 Å². The molecule has 2 aromatic rings. The summed E-state index contributed by atoms with van der Waals surface area (Å²) in [5.41, 5.74) is 6.75. The van der Waals surface area contributed by atoms with E-state index in [4.69, 9.17) is 4.98 Å². The van der Waals surface area contributed by atoms with Crippen LogP contribution in [0.2, 0.25) is 0 Å². The Bertz CT molecular complexity index is 961. The van der Waals surface area contributed by atoms with Gasteiger partial charge in [-0.05, 0) is 68.1 Å².